The molecule has 236 valence electrons. The Hall–Kier alpha value is -4.27. The zero-order valence-corrected chi connectivity index (χ0v) is 27.5. The number of aryl methyl sites for hydroxylation is 2. The first kappa shape index (κ1) is 32.1. The number of ether oxygens (including phenoxy) is 3. The lowest BCUT2D eigenvalue weighted by Gasteiger charge is -2.20. The molecule has 0 aliphatic carbocycles. The fourth-order valence-corrected chi connectivity index (χ4v) is 5.47. The van der Waals surface area contributed by atoms with Gasteiger partial charge in [-0.15, -0.1) is 0 Å². The lowest BCUT2D eigenvalue weighted by Crippen LogP contribution is -2.24. The number of hydrogen-bond donors (Lipinski definition) is 0. The fraction of sp³-hybridized carbons (Fsp3) is 0.378. The van der Waals surface area contributed by atoms with Gasteiger partial charge >= 0.3 is 5.97 Å². The van der Waals surface area contributed by atoms with Crippen molar-refractivity contribution in [3.8, 4) is 22.4 Å². The Morgan fingerprint density at radius 1 is 1.00 bits per heavy atom. The van der Waals surface area contributed by atoms with Crippen LogP contribution in [0.3, 0.4) is 0 Å². The summed E-state index contributed by atoms with van der Waals surface area (Å²) < 4.78 is 21.0. The van der Waals surface area contributed by atoms with Gasteiger partial charge < -0.3 is 23.3 Å². The number of aromatic nitrogens is 4. The van der Waals surface area contributed by atoms with E-state index in [-0.39, 0.29) is 12.2 Å². The number of benzene rings is 3. The first-order valence-electron chi connectivity index (χ1n) is 15.6. The van der Waals surface area contributed by atoms with Crippen molar-refractivity contribution in [1.82, 2.24) is 19.1 Å². The molecule has 0 aliphatic heterocycles. The van der Waals surface area contributed by atoms with Crippen molar-refractivity contribution < 1.29 is 19.0 Å². The van der Waals surface area contributed by atoms with Crippen LogP contribution in [-0.4, -0.2) is 51.0 Å². The highest BCUT2D eigenvalue weighted by molar-refractivity contribution is 5.97. The number of imidazole rings is 2. The molecular weight excluding hydrogens is 564 g/mol. The molecule has 0 spiro atoms. The third-order valence-corrected chi connectivity index (χ3v) is 7.71. The first-order chi connectivity index (χ1) is 21.6. The molecule has 0 aliphatic rings. The summed E-state index contributed by atoms with van der Waals surface area (Å²) >= 11 is 0. The SMILES string of the molecule is CCCc1nc2c(C)cc(-c3cn(C(C)OCCOC)cn3)cc2n1Cc1ccc(-c2ccccc2C(=O)OC(C)(C)C)cc1. The normalized spacial score (nSPS) is 12.5. The molecular formula is C37H44N4O4. The van der Waals surface area contributed by atoms with Crippen LogP contribution in [0.5, 0.6) is 0 Å². The smallest absolute Gasteiger partial charge is 0.339 e. The molecule has 0 saturated carbocycles. The third kappa shape index (κ3) is 7.52. The lowest BCUT2D eigenvalue weighted by atomic mass is 9.98. The summed E-state index contributed by atoms with van der Waals surface area (Å²) in [5.74, 6) is 0.748. The van der Waals surface area contributed by atoms with Crippen molar-refractivity contribution in [2.45, 2.75) is 72.8 Å². The Morgan fingerprint density at radius 2 is 1.76 bits per heavy atom. The Morgan fingerprint density at radius 3 is 2.47 bits per heavy atom. The minimum absolute atomic E-state index is 0.146. The Bertz CT molecular complexity index is 1760. The molecule has 0 bridgehead atoms. The van der Waals surface area contributed by atoms with Gasteiger partial charge in [0, 0.05) is 31.8 Å². The number of nitrogens with zero attached hydrogens (tertiary/aromatic N) is 4. The second-order valence-electron chi connectivity index (χ2n) is 12.4. The number of rotatable bonds is 12. The maximum absolute atomic E-state index is 13.0. The van der Waals surface area contributed by atoms with Gasteiger partial charge in [-0.2, -0.15) is 0 Å². The minimum atomic E-state index is -0.563. The number of hydrogen-bond acceptors (Lipinski definition) is 6. The molecule has 0 saturated heterocycles. The molecule has 5 rings (SSSR count). The number of fused-ring (bicyclic) bond motifs is 1. The van der Waals surface area contributed by atoms with Crippen LogP contribution in [0.25, 0.3) is 33.4 Å². The molecule has 45 heavy (non-hydrogen) atoms. The second-order valence-corrected chi connectivity index (χ2v) is 12.4. The molecule has 3 aromatic carbocycles. The van der Waals surface area contributed by atoms with E-state index in [4.69, 9.17) is 24.2 Å². The molecule has 5 aromatic rings. The van der Waals surface area contributed by atoms with E-state index in [2.05, 4.69) is 54.8 Å². The standard InChI is InChI=1S/C37H44N4O4/c1-8-11-34-39-35-25(2)20-29(32-23-40(24-38-32)26(3)44-19-18-43-7)21-33(35)41(34)22-27-14-16-28(17-15-27)30-12-9-10-13-31(30)36(42)45-37(4,5)6/h9-10,12-17,20-21,23-24,26H,8,11,18-19,22H2,1-7H3. The lowest BCUT2D eigenvalue weighted by molar-refractivity contribution is -0.0113. The van der Waals surface area contributed by atoms with Gasteiger partial charge in [-0.3, -0.25) is 0 Å². The Labute approximate surface area is 266 Å². The molecule has 1 atom stereocenters. The summed E-state index contributed by atoms with van der Waals surface area (Å²) in [7, 11) is 1.67. The van der Waals surface area contributed by atoms with Crippen LogP contribution in [0.1, 0.15) is 74.6 Å². The van der Waals surface area contributed by atoms with Gasteiger partial charge in [0.05, 0.1) is 41.8 Å². The van der Waals surface area contributed by atoms with Crippen molar-refractivity contribution in [1.29, 1.82) is 0 Å². The largest absolute Gasteiger partial charge is 0.456 e. The van der Waals surface area contributed by atoms with Crippen LogP contribution in [0, 0.1) is 6.92 Å². The summed E-state index contributed by atoms with van der Waals surface area (Å²) in [4.78, 5) is 22.7. The summed E-state index contributed by atoms with van der Waals surface area (Å²) in [5.41, 5.74) is 8.13. The summed E-state index contributed by atoms with van der Waals surface area (Å²) in [6, 6.07) is 20.4. The topological polar surface area (TPSA) is 80.4 Å². The molecule has 0 amide bonds. The first-order valence-corrected chi connectivity index (χ1v) is 15.6. The summed E-state index contributed by atoms with van der Waals surface area (Å²) in [5, 5.41) is 0. The van der Waals surface area contributed by atoms with Gasteiger partial charge in [0.15, 0.2) is 0 Å². The van der Waals surface area contributed by atoms with Crippen molar-refractivity contribution in [3.63, 3.8) is 0 Å². The van der Waals surface area contributed by atoms with Crippen LogP contribution in [0.2, 0.25) is 0 Å². The molecule has 8 heteroatoms. The van der Waals surface area contributed by atoms with E-state index in [1.54, 1.807) is 7.11 Å². The highest BCUT2D eigenvalue weighted by Crippen LogP contribution is 2.30. The summed E-state index contributed by atoms with van der Waals surface area (Å²) in [6.45, 7) is 13.7. The average molecular weight is 609 g/mol. The number of carbonyl (C=O) groups is 1. The van der Waals surface area contributed by atoms with Crippen LogP contribution in [0.15, 0.2) is 73.2 Å². The van der Waals surface area contributed by atoms with Crippen LogP contribution < -0.4 is 0 Å². The second kappa shape index (κ2) is 13.8. The fourth-order valence-electron chi connectivity index (χ4n) is 5.47. The number of esters is 1. The molecule has 2 aromatic heterocycles. The number of carbonyl (C=O) groups excluding carboxylic acids is 1. The Kier molecular flexibility index (Phi) is 9.85. The molecule has 8 nitrogen and oxygen atoms in total. The van der Waals surface area contributed by atoms with Gasteiger partial charge in [-0.25, -0.2) is 14.8 Å². The maximum atomic E-state index is 13.0. The van der Waals surface area contributed by atoms with E-state index >= 15 is 0 Å². The zero-order chi connectivity index (χ0) is 32.1. The number of methoxy groups -OCH3 is 1. The van der Waals surface area contributed by atoms with Crippen LogP contribution in [-0.2, 0) is 27.2 Å². The van der Waals surface area contributed by atoms with E-state index in [9.17, 15) is 4.79 Å². The van der Waals surface area contributed by atoms with Crippen molar-refractivity contribution in [2.24, 2.45) is 0 Å². The van der Waals surface area contributed by atoms with E-state index in [0.717, 1.165) is 63.2 Å². The van der Waals surface area contributed by atoms with Crippen LogP contribution >= 0.6 is 0 Å². The molecule has 1 unspecified atom stereocenters. The molecule has 0 radical (unpaired) electrons. The average Bonchev–Trinajstić information content (AvgIpc) is 3.63. The van der Waals surface area contributed by atoms with E-state index in [1.807, 2.05) is 69.1 Å². The minimum Gasteiger partial charge on any atom is -0.456 e. The summed E-state index contributed by atoms with van der Waals surface area (Å²) in [6.07, 6.45) is 5.58. The third-order valence-electron chi connectivity index (χ3n) is 7.71. The van der Waals surface area contributed by atoms with Gasteiger partial charge in [-0.1, -0.05) is 49.4 Å². The highest BCUT2D eigenvalue weighted by atomic mass is 16.6. The van der Waals surface area contributed by atoms with Crippen molar-refractivity contribution in [2.75, 3.05) is 20.3 Å². The quantitative estimate of drug-likeness (QED) is 0.105. The van der Waals surface area contributed by atoms with Gasteiger partial charge in [0.2, 0.25) is 0 Å². The Balaban J connectivity index is 1.45. The zero-order valence-electron chi connectivity index (χ0n) is 27.5. The molecule has 0 fully saturated rings. The van der Waals surface area contributed by atoms with E-state index < -0.39 is 5.60 Å². The monoisotopic (exact) mass is 608 g/mol. The van der Waals surface area contributed by atoms with Gasteiger partial charge in [0.25, 0.3) is 0 Å². The molecule has 2 heterocycles. The van der Waals surface area contributed by atoms with E-state index in [0.29, 0.717) is 25.3 Å². The van der Waals surface area contributed by atoms with Crippen molar-refractivity contribution >= 4 is 17.0 Å². The van der Waals surface area contributed by atoms with Crippen molar-refractivity contribution in [3.05, 3.63) is 95.7 Å². The highest BCUT2D eigenvalue weighted by Gasteiger charge is 2.21. The van der Waals surface area contributed by atoms with Gasteiger partial charge in [0.1, 0.15) is 17.7 Å². The predicted molar refractivity (Wildman–Crippen MR) is 178 cm³/mol. The van der Waals surface area contributed by atoms with E-state index in [1.165, 1.54) is 0 Å². The molecule has 0 N–H and O–H groups in total. The van der Waals surface area contributed by atoms with Crippen LogP contribution in [0.4, 0.5) is 0 Å². The van der Waals surface area contributed by atoms with Gasteiger partial charge in [-0.05, 0) is 81.5 Å². The maximum Gasteiger partial charge on any atom is 0.339 e. The predicted octanol–water partition coefficient (Wildman–Crippen LogP) is 8.01.